The molecule has 5 heteroatoms. The topological polar surface area (TPSA) is 67.6 Å². The number of nitrogens with one attached hydrogen (secondary N) is 1. The Morgan fingerprint density at radius 3 is 2.86 bits per heavy atom. The number of carbonyl (C=O) groups excluding carboxylic acids is 1. The van der Waals surface area contributed by atoms with Crippen molar-refractivity contribution in [2.75, 3.05) is 31.8 Å². The van der Waals surface area contributed by atoms with E-state index in [0.29, 0.717) is 29.6 Å². The Hall–Kier alpha value is -1.75. The van der Waals surface area contributed by atoms with E-state index in [-0.39, 0.29) is 5.91 Å². The van der Waals surface area contributed by atoms with Gasteiger partial charge in [0.15, 0.2) is 0 Å². The Bertz CT molecular complexity index is 500. The summed E-state index contributed by atoms with van der Waals surface area (Å²) in [6.07, 6.45) is 3.10. The van der Waals surface area contributed by atoms with Crippen molar-refractivity contribution >= 4 is 17.3 Å². The zero-order valence-electron chi connectivity index (χ0n) is 13.1. The Morgan fingerprint density at radius 1 is 1.52 bits per heavy atom. The fourth-order valence-electron chi connectivity index (χ4n) is 2.46. The molecule has 0 saturated heterocycles. The Kier molecular flexibility index (Phi) is 5.07. The lowest BCUT2D eigenvalue weighted by molar-refractivity contribution is -0.116. The molecule has 0 bridgehead atoms. The molecule has 0 radical (unpaired) electrons. The number of benzene rings is 1. The number of hydrogen-bond donors (Lipinski definition) is 2. The van der Waals surface area contributed by atoms with Crippen LogP contribution in [0.25, 0.3) is 0 Å². The zero-order valence-corrected chi connectivity index (χ0v) is 13.1. The summed E-state index contributed by atoms with van der Waals surface area (Å²) in [5.41, 5.74) is 6.97. The van der Waals surface area contributed by atoms with Crippen molar-refractivity contribution in [3.05, 3.63) is 18.2 Å². The summed E-state index contributed by atoms with van der Waals surface area (Å²) in [7, 11) is 3.66. The van der Waals surface area contributed by atoms with Gasteiger partial charge in [0.1, 0.15) is 5.75 Å². The molecule has 1 saturated carbocycles. The molecule has 1 fully saturated rings. The van der Waals surface area contributed by atoms with Crippen molar-refractivity contribution in [3.8, 4) is 5.75 Å². The Morgan fingerprint density at radius 2 is 2.24 bits per heavy atom. The minimum Gasteiger partial charge on any atom is -0.495 e. The Labute approximate surface area is 126 Å². The van der Waals surface area contributed by atoms with E-state index in [1.165, 1.54) is 12.8 Å². The van der Waals surface area contributed by atoms with E-state index >= 15 is 0 Å². The van der Waals surface area contributed by atoms with Gasteiger partial charge in [-0.3, -0.25) is 4.79 Å². The van der Waals surface area contributed by atoms with Crippen molar-refractivity contribution in [2.45, 2.75) is 32.2 Å². The van der Waals surface area contributed by atoms with Gasteiger partial charge in [0.2, 0.25) is 5.91 Å². The molecule has 1 aromatic carbocycles. The minimum atomic E-state index is -0.0197. The molecular formula is C16H25N3O2. The maximum absolute atomic E-state index is 12.1. The van der Waals surface area contributed by atoms with Crippen LogP contribution < -0.4 is 15.8 Å². The second kappa shape index (κ2) is 6.80. The Balaban J connectivity index is 1.85. The van der Waals surface area contributed by atoms with Gasteiger partial charge in [0, 0.05) is 24.7 Å². The van der Waals surface area contributed by atoms with E-state index in [2.05, 4.69) is 24.2 Å². The number of methoxy groups -OCH3 is 1. The molecule has 1 aliphatic rings. The smallest absolute Gasteiger partial charge is 0.225 e. The lowest BCUT2D eigenvalue weighted by Gasteiger charge is -2.24. The minimum absolute atomic E-state index is 0.0197. The molecular weight excluding hydrogens is 266 g/mol. The summed E-state index contributed by atoms with van der Waals surface area (Å²) < 4.78 is 5.22. The van der Waals surface area contributed by atoms with Crippen molar-refractivity contribution in [2.24, 2.45) is 5.92 Å². The first-order valence-electron chi connectivity index (χ1n) is 7.45. The highest BCUT2D eigenvalue weighted by Crippen LogP contribution is 2.34. The van der Waals surface area contributed by atoms with Gasteiger partial charge in [-0.2, -0.15) is 0 Å². The molecule has 1 aromatic rings. The fraction of sp³-hybridized carbons (Fsp3) is 0.562. The molecule has 1 amide bonds. The van der Waals surface area contributed by atoms with Gasteiger partial charge < -0.3 is 20.7 Å². The highest BCUT2D eigenvalue weighted by molar-refractivity contribution is 5.93. The molecule has 0 aliphatic heterocycles. The van der Waals surface area contributed by atoms with Crippen LogP contribution in [0.1, 0.15) is 26.2 Å². The van der Waals surface area contributed by atoms with E-state index in [0.717, 1.165) is 12.5 Å². The molecule has 5 nitrogen and oxygen atoms in total. The maximum atomic E-state index is 12.1. The number of rotatable bonds is 7. The van der Waals surface area contributed by atoms with Crippen LogP contribution in [0.15, 0.2) is 18.2 Å². The third-order valence-electron chi connectivity index (χ3n) is 4.19. The monoisotopic (exact) mass is 291 g/mol. The SMILES string of the molecule is COc1ccc(N)cc1NC(=O)CCN(C)C(C)C1CC1. The predicted molar refractivity (Wildman–Crippen MR) is 85.5 cm³/mol. The quantitative estimate of drug-likeness (QED) is 0.757. The third kappa shape index (κ3) is 4.36. The van der Waals surface area contributed by atoms with Crippen LogP contribution in [-0.4, -0.2) is 37.6 Å². The summed E-state index contributed by atoms with van der Waals surface area (Å²) >= 11 is 0. The van der Waals surface area contributed by atoms with Crippen molar-refractivity contribution < 1.29 is 9.53 Å². The molecule has 0 spiro atoms. The number of amides is 1. The molecule has 2 rings (SSSR count). The highest BCUT2D eigenvalue weighted by atomic mass is 16.5. The van der Waals surface area contributed by atoms with Crippen LogP contribution >= 0.6 is 0 Å². The van der Waals surface area contributed by atoms with Crippen LogP contribution in [0.5, 0.6) is 5.75 Å². The first kappa shape index (κ1) is 15.6. The molecule has 1 atom stereocenters. The first-order chi connectivity index (χ1) is 10.0. The zero-order chi connectivity index (χ0) is 15.4. The van der Waals surface area contributed by atoms with E-state index < -0.39 is 0 Å². The maximum Gasteiger partial charge on any atom is 0.225 e. The summed E-state index contributed by atoms with van der Waals surface area (Å²) in [4.78, 5) is 14.3. The molecule has 0 aromatic heterocycles. The van der Waals surface area contributed by atoms with Gasteiger partial charge in [-0.15, -0.1) is 0 Å². The third-order valence-corrected chi connectivity index (χ3v) is 4.19. The number of ether oxygens (including phenoxy) is 1. The number of nitrogens with two attached hydrogens (primary N) is 1. The average molecular weight is 291 g/mol. The van der Waals surface area contributed by atoms with Crippen molar-refractivity contribution in [1.82, 2.24) is 4.90 Å². The standard InChI is InChI=1S/C16H25N3O2/c1-11(12-4-5-12)19(2)9-8-16(20)18-14-10-13(17)6-7-15(14)21-3/h6-7,10-12H,4-5,8-9,17H2,1-3H3,(H,18,20). The van der Waals surface area contributed by atoms with Crippen molar-refractivity contribution in [1.29, 1.82) is 0 Å². The van der Waals surface area contributed by atoms with E-state index in [1.54, 1.807) is 25.3 Å². The largest absolute Gasteiger partial charge is 0.495 e. The average Bonchev–Trinajstić information content (AvgIpc) is 3.29. The van der Waals surface area contributed by atoms with Crippen LogP contribution in [-0.2, 0) is 4.79 Å². The molecule has 0 heterocycles. The second-order valence-electron chi connectivity index (χ2n) is 5.82. The summed E-state index contributed by atoms with van der Waals surface area (Å²) in [6.45, 7) is 2.99. The summed E-state index contributed by atoms with van der Waals surface area (Å²) in [5.74, 6) is 1.41. The van der Waals surface area contributed by atoms with E-state index in [4.69, 9.17) is 10.5 Å². The molecule has 21 heavy (non-hydrogen) atoms. The van der Waals surface area contributed by atoms with Gasteiger partial charge in [0.25, 0.3) is 0 Å². The summed E-state index contributed by atoms with van der Waals surface area (Å²) in [5, 5.41) is 2.87. The van der Waals surface area contributed by atoms with Gasteiger partial charge in [-0.05, 0) is 50.9 Å². The molecule has 1 aliphatic carbocycles. The van der Waals surface area contributed by atoms with Crippen LogP contribution in [0, 0.1) is 5.92 Å². The summed E-state index contributed by atoms with van der Waals surface area (Å²) in [6, 6.07) is 5.78. The number of carbonyl (C=O) groups is 1. The van der Waals surface area contributed by atoms with Gasteiger partial charge in [-0.25, -0.2) is 0 Å². The van der Waals surface area contributed by atoms with E-state index in [9.17, 15) is 4.79 Å². The normalized spacial score (nSPS) is 15.8. The number of anilines is 2. The van der Waals surface area contributed by atoms with Gasteiger partial charge in [0.05, 0.1) is 12.8 Å². The fourth-order valence-corrected chi connectivity index (χ4v) is 2.46. The number of nitrogen functional groups attached to an aromatic ring is 1. The molecule has 1 unspecified atom stereocenters. The van der Waals surface area contributed by atoms with E-state index in [1.807, 2.05) is 0 Å². The predicted octanol–water partition coefficient (Wildman–Crippen LogP) is 2.34. The van der Waals surface area contributed by atoms with Crippen molar-refractivity contribution in [3.63, 3.8) is 0 Å². The second-order valence-corrected chi connectivity index (χ2v) is 5.82. The highest BCUT2D eigenvalue weighted by Gasteiger charge is 2.30. The lowest BCUT2D eigenvalue weighted by atomic mass is 10.2. The number of nitrogens with zero attached hydrogens (tertiary/aromatic N) is 1. The van der Waals surface area contributed by atoms with Gasteiger partial charge >= 0.3 is 0 Å². The van der Waals surface area contributed by atoms with Crippen LogP contribution in [0.3, 0.4) is 0 Å². The van der Waals surface area contributed by atoms with Crippen LogP contribution in [0.4, 0.5) is 11.4 Å². The van der Waals surface area contributed by atoms with Gasteiger partial charge in [-0.1, -0.05) is 0 Å². The lowest BCUT2D eigenvalue weighted by Crippen LogP contribution is -2.33. The van der Waals surface area contributed by atoms with Crippen LogP contribution in [0.2, 0.25) is 0 Å². The molecule has 116 valence electrons. The first-order valence-corrected chi connectivity index (χ1v) is 7.45. The molecule has 3 N–H and O–H groups in total. The number of hydrogen-bond acceptors (Lipinski definition) is 4.